The number of anilines is 1. The SMILES string of the molecule is O=C(c1cnccn1)N1C[C@H]2CC[C@@H](Nc3cnccn3)[C@H]2C1. The van der Waals surface area contributed by atoms with Gasteiger partial charge in [-0.05, 0) is 18.8 Å². The summed E-state index contributed by atoms with van der Waals surface area (Å²) in [5.41, 5.74) is 0.422. The van der Waals surface area contributed by atoms with Crippen molar-refractivity contribution in [2.45, 2.75) is 18.9 Å². The molecule has 0 spiro atoms. The molecule has 0 radical (unpaired) electrons. The van der Waals surface area contributed by atoms with Crippen LogP contribution in [0.2, 0.25) is 0 Å². The molecule has 7 heteroatoms. The fourth-order valence-corrected chi connectivity index (χ4v) is 3.75. The molecule has 1 N–H and O–H groups in total. The Hall–Kier alpha value is -2.57. The van der Waals surface area contributed by atoms with Gasteiger partial charge >= 0.3 is 0 Å². The molecule has 2 fully saturated rings. The number of carbonyl (C=O) groups is 1. The van der Waals surface area contributed by atoms with Gasteiger partial charge < -0.3 is 10.2 Å². The normalized spacial score (nSPS) is 26.1. The smallest absolute Gasteiger partial charge is 0.274 e. The highest BCUT2D eigenvalue weighted by molar-refractivity contribution is 5.92. The van der Waals surface area contributed by atoms with E-state index in [4.69, 9.17) is 0 Å². The van der Waals surface area contributed by atoms with Crippen molar-refractivity contribution >= 4 is 11.7 Å². The lowest BCUT2D eigenvalue weighted by Crippen LogP contribution is -2.33. The number of carbonyl (C=O) groups excluding carboxylic acids is 1. The molecule has 118 valence electrons. The number of amides is 1. The summed E-state index contributed by atoms with van der Waals surface area (Å²) in [5, 5.41) is 3.47. The van der Waals surface area contributed by atoms with Gasteiger partial charge in [-0.15, -0.1) is 0 Å². The van der Waals surface area contributed by atoms with Gasteiger partial charge in [-0.3, -0.25) is 14.8 Å². The predicted octanol–water partition coefficient (Wildman–Crippen LogP) is 1.23. The zero-order valence-corrected chi connectivity index (χ0v) is 12.7. The Bertz CT molecular complexity index is 679. The van der Waals surface area contributed by atoms with E-state index in [1.807, 2.05) is 4.90 Å². The molecule has 3 atom stereocenters. The molecular formula is C16H18N6O. The summed E-state index contributed by atoms with van der Waals surface area (Å²) < 4.78 is 0. The number of likely N-dealkylation sites (tertiary alicyclic amines) is 1. The van der Waals surface area contributed by atoms with Crippen molar-refractivity contribution in [3.05, 3.63) is 42.9 Å². The van der Waals surface area contributed by atoms with Crippen LogP contribution in [-0.4, -0.2) is 49.9 Å². The predicted molar refractivity (Wildman–Crippen MR) is 83.6 cm³/mol. The fourth-order valence-electron chi connectivity index (χ4n) is 3.75. The molecule has 4 rings (SSSR count). The summed E-state index contributed by atoms with van der Waals surface area (Å²) >= 11 is 0. The van der Waals surface area contributed by atoms with Crippen LogP contribution >= 0.6 is 0 Å². The lowest BCUT2D eigenvalue weighted by atomic mass is 9.98. The molecule has 23 heavy (non-hydrogen) atoms. The van der Waals surface area contributed by atoms with Crippen LogP contribution in [0.1, 0.15) is 23.3 Å². The van der Waals surface area contributed by atoms with Crippen LogP contribution < -0.4 is 5.32 Å². The number of fused-ring (bicyclic) bond motifs is 1. The van der Waals surface area contributed by atoms with E-state index >= 15 is 0 Å². The van der Waals surface area contributed by atoms with Crippen molar-refractivity contribution in [2.24, 2.45) is 11.8 Å². The van der Waals surface area contributed by atoms with Gasteiger partial charge in [-0.2, -0.15) is 0 Å². The van der Waals surface area contributed by atoms with Crippen molar-refractivity contribution in [3.8, 4) is 0 Å². The van der Waals surface area contributed by atoms with Crippen molar-refractivity contribution < 1.29 is 4.79 Å². The van der Waals surface area contributed by atoms with Gasteiger partial charge in [-0.25, -0.2) is 9.97 Å². The first-order chi connectivity index (χ1) is 11.3. The van der Waals surface area contributed by atoms with Crippen molar-refractivity contribution in [1.29, 1.82) is 0 Å². The van der Waals surface area contributed by atoms with Gasteiger partial charge in [0, 0.05) is 49.8 Å². The average Bonchev–Trinajstić information content (AvgIpc) is 3.18. The molecule has 1 aliphatic carbocycles. The standard InChI is InChI=1S/C16H18N6O/c23-16(14-7-17-3-5-19-14)22-9-11-1-2-13(12(11)10-22)21-15-8-18-4-6-20-15/h3-8,11-13H,1-2,9-10H2,(H,20,21)/t11-,12+,13-/m1/s1. The second-order valence-electron chi connectivity index (χ2n) is 6.14. The monoisotopic (exact) mass is 310 g/mol. The van der Waals surface area contributed by atoms with Crippen molar-refractivity contribution in [3.63, 3.8) is 0 Å². The Balaban J connectivity index is 1.44. The van der Waals surface area contributed by atoms with Crippen LogP contribution in [0, 0.1) is 11.8 Å². The Morgan fingerprint density at radius 2 is 1.87 bits per heavy atom. The summed E-state index contributed by atoms with van der Waals surface area (Å²) in [4.78, 5) is 30.9. The van der Waals surface area contributed by atoms with Crippen LogP contribution in [0.5, 0.6) is 0 Å². The number of nitrogens with zero attached hydrogens (tertiary/aromatic N) is 5. The van der Waals surface area contributed by atoms with Gasteiger partial charge in [-0.1, -0.05) is 0 Å². The number of hydrogen-bond acceptors (Lipinski definition) is 6. The molecule has 2 aliphatic rings. The highest BCUT2D eigenvalue weighted by Gasteiger charge is 2.44. The quantitative estimate of drug-likeness (QED) is 0.918. The maximum atomic E-state index is 12.5. The highest BCUT2D eigenvalue weighted by atomic mass is 16.2. The molecule has 1 aliphatic heterocycles. The summed E-state index contributed by atoms with van der Waals surface area (Å²) in [6.07, 6.45) is 12.0. The van der Waals surface area contributed by atoms with E-state index in [1.165, 1.54) is 6.20 Å². The zero-order chi connectivity index (χ0) is 15.6. The minimum Gasteiger partial charge on any atom is -0.366 e. The largest absolute Gasteiger partial charge is 0.366 e. The third kappa shape index (κ3) is 2.74. The van der Waals surface area contributed by atoms with Crippen LogP contribution in [0.4, 0.5) is 5.82 Å². The second-order valence-corrected chi connectivity index (χ2v) is 6.14. The molecular weight excluding hydrogens is 292 g/mol. The van der Waals surface area contributed by atoms with E-state index < -0.39 is 0 Å². The number of aromatic nitrogens is 4. The number of rotatable bonds is 3. The molecule has 2 aromatic heterocycles. The summed E-state index contributed by atoms with van der Waals surface area (Å²) in [5.74, 6) is 1.78. The molecule has 0 aromatic carbocycles. The molecule has 2 aromatic rings. The molecule has 1 saturated carbocycles. The summed E-state index contributed by atoms with van der Waals surface area (Å²) in [6.45, 7) is 1.57. The van der Waals surface area contributed by atoms with Crippen LogP contribution in [0.25, 0.3) is 0 Å². The number of hydrogen-bond donors (Lipinski definition) is 1. The Labute approximate surface area is 134 Å². The third-order valence-electron chi connectivity index (χ3n) is 4.82. The molecule has 1 amide bonds. The Kier molecular flexibility index (Phi) is 3.61. The third-order valence-corrected chi connectivity index (χ3v) is 4.82. The van der Waals surface area contributed by atoms with Crippen molar-refractivity contribution in [2.75, 3.05) is 18.4 Å². The van der Waals surface area contributed by atoms with E-state index in [1.54, 1.807) is 31.0 Å². The number of nitrogens with one attached hydrogen (secondary N) is 1. The topological polar surface area (TPSA) is 83.9 Å². The van der Waals surface area contributed by atoms with E-state index in [9.17, 15) is 4.79 Å². The zero-order valence-electron chi connectivity index (χ0n) is 12.7. The fraction of sp³-hybridized carbons (Fsp3) is 0.438. The Morgan fingerprint density at radius 1 is 1.04 bits per heavy atom. The van der Waals surface area contributed by atoms with Gasteiger partial charge in [0.25, 0.3) is 5.91 Å². The molecule has 0 unspecified atom stereocenters. The van der Waals surface area contributed by atoms with E-state index in [0.717, 1.165) is 31.7 Å². The summed E-state index contributed by atoms with van der Waals surface area (Å²) in [6, 6.07) is 0.344. The summed E-state index contributed by atoms with van der Waals surface area (Å²) in [7, 11) is 0. The molecule has 7 nitrogen and oxygen atoms in total. The van der Waals surface area contributed by atoms with E-state index in [2.05, 4.69) is 25.3 Å². The van der Waals surface area contributed by atoms with Gasteiger partial charge in [0.1, 0.15) is 11.5 Å². The maximum Gasteiger partial charge on any atom is 0.274 e. The Morgan fingerprint density at radius 3 is 2.61 bits per heavy atom. The van der Waals surface area contributed by atoms with E-state index in [0.29, 0.717) is 23.6 Å². The first kappa shape index (κ1) is 14.0. The lowest BCUT2D eigenvalue weighted by molar-refractivity contribution is 0.0773. The van der Waals surface area contributed by atoms with Crippen LogP contribution in [-0.2, 0) is 0 Å². The minimum atomic E-state index is -0.0225. The lowest BCUT2D eigenvalue weighted by Gasteiger charge is -2.21. The first-order valence-corrected chi connectivity index (χ1v) is 7.89. The first-order valence-electron chi connectivity index (χ1n) is 7.89. The molecule has 1 saturated heterocycles. The minimum absolute atomic E-state index is 0.0225. The van der Waals surface area contributed by atoms with Crippen molar-refractivity contribution in [1.82, 2.24) is 24.8 Å². The van der Waals surface area contributed by atoms with Crippen LogP contribution in [0.3, 0.4) is 0 Å². The molecule has 3 heterocycles. The highest BCUT2D eigenvalue weighted by Crippen LogP contribution is 2.39. The maximum absolute atomic E-state index is 12.5. The van der Waals surface area contributed by atoms with Crippen LogP contribution in [0.15, 0.2) is 37.2 Å². The van der Waals surface area contributed by atoms with Gasteiger partial charge in [0.15, 0.2) is 0 Å². The van der Waals surface area contributed by atoms with E-state index in [-0.39, 0.29) is 5.91 Å². The van der Waals surface area contributed by atoms with Gasteiger partial charge in [0.2, 0.25) is 0 Å². The molecule has 0 bridgehead atoms. The second kappa shape index (κ2) is 5.91. The van der Waals surface area contributed by atoms with Gasteiger partial charge in [0.05, 0.1) is 12.4 Å². The average molecular weight is 310 g/mol.